The van der Waals surface area contributed by atoms with Crippen LogP contribution in [0.25, 0.3) is 0 Å². The van der Waals surface area contributed by atoms with Crippen molar-refractivity contribution in [3.8, 4) is 0 Å². The van der Waals surface area contributed by atoms with Gasteiger partial charge >= 0.3 is 0 Å². The number of fused-ring (bicyclic) bond motifs is 1. The minimum atomic E-state index is 0.700. The molecule has 1 aromatic rings. The van der Waals surface area contributed by atoms with Crippen molar-refractivity contribution in [2.24, 2.45) is 5.92 Å². The number of hydrogen-bond donors (Lipinski definition) is 0. The van der Waals surface area contributed by atoms with Crippen molar-refractivity contribution in [3.63, 3.8) is 0 Å². The molecule has 0 amide bonds. The Balaban J connectivity index is 1.63. The lowest BCUT2D eigenvalue weighted by atomic mass is 9.78. The van der Waals surface area contributed by atoms with E-state index < -0.39 is 0 Å². The quantitative estimate of drug-likeness (QED) is 0.614. The topological polar surface area (TPSA) is 20.1 Å². The van der Waals surface area contributed by atoms with E-state index in [9.17, 15) is 4.79 Å². The van der Waals surface area contributed by atoms with E-state index in [1.165, 1.54) is 50.6 Å². The van der Waals surface area contributed by atoms with Crippen molar-refractivity contribution in [1.82, 2.24) is 4.90 Å². The fourth-order valence-electron chi connectivity index (χ4n) is 4.70. The molecule has 4 rings (SSSR count). The molecule has 0 N–H and O–H groups in total. The lowest BCUT2D eigenvalue weighted by Gasteiger charge is -2.31. The maximum Gasteiger partial charge on any atom is 0.150 e. The highest BCUT2D eigenvalue weighted by atomic mass is 16.1. The number of nitrogens with zero attached hydrogens (tertiary/aromatic N) is 1. The lowest BCUT2D eigenvalue weighted by molar-refractivity contribution is 0.112. The molecule has 106 valence electrons. The highest BCUT2D eigenvalue weighted by Gasteiger charge is 2.50. The zero-order valence-corrected chi connectivity index (χ0v) is 12.0. The Bertz CT molecular complexity index is 489. The van der Waals surface area contributed by atoms with Crippen LogP contribution < -0.4 is 0 Å². The molecule has 20 heavy (non-hydrogen) atoms. The van der Waals surface area contributed by atoms with Crippen molar-refractivity contribution in [3.05, 3.63) is 35.4 Å². The van der Waals surface area contributed by atoms with E-state index in [1.807, 2.05) is 12.1 Å². The van der Waals surface area contributed by atoms with Crippen molar-refractivity contribution in [2.75, 3.05) is 6.54 Å². The monoisotopic (exact) mass is 269 g/mol. The molecule has 0 bridgehead atoms. The van der Waals surface area contributed by atoms with Gasteiger partial charge in [-0.05, 0) is 37.2 Å². The largest absolute Gasteiger partial charge is 0.298 e. The molecule has 1 aliphatic carbocycles. The van der Waals surface area contributed by atoms with Crippen LogP contribution in [0.3, 0.4) is 0 Å². The van der Waals surface area contributed by atoms with Crippen LogP contribution in [-0.2, 0) is 0 Å². The average Bonchev–Trinajstić information content (AvgIpc) is 2.89. The third-order valence-corrected chi connectivity index (χ3v) is 5.76. The number of benzene rings is 1. The number of rotatable bonds is 4. The summed E-state index contributed by atoms with van der Waals surface area (Å²) in [7, 11) is 0. The third-order valence-electron chi connectivity index (χ3n) is 5.76. The van der Waals surface area contributed by atoms with Gasteiger partial charge in [0.1, 0.15) is 6.29 Å². The molecule has 2 heterocycles. The molecule has 3 fully saturated rings. The Morgan fingerprint density at radius 3 is 2.35 bits per heavy atom. The summed E-state index contributed by atoms with van der Waals surface area (Å²) in [6.45, 7) is 1.33. The van der Waals surface area contributed by atoms with Crippen molar-refractivity contribution < 1.29 is 4.79 Å². The predicted octanol–water partition coefficient (Wildman–Crippen LogP) is 3.62. The highest BCUT2D eigenvalue weighted by molar-refractivity contribution is 5.74. The summed E-state index contributed by atoms with van der Waals surface area (Å²) < 4.78 is 0. The van der Waals surface area contributed by atoms with Crippen LogP contribution in [0.15, 0.2) is 24.3 Å². The first-order valence-electron chi connectivity index (χ1n) is 8.17. The molecule has 1 aromatic carbocycles. The van der Waals surface area contributed by atoms with Crippen molar-refractivity contribution >= 4 is 6.29 Å². The summed E-state index contributed by atoms with van der Waals surface area (Å²) in [4.78, 5) is 13.6. The molecule has 2 nitrogen and oxygen atoms in total. The van der Waals surface area contributed by atoms with E-state index in [-0.39, 0.29) is 0 Å². The number of hydrogen-bond acceptors (Lipinski definition) is 2. The summed E-state index contributed by atoms with van der Waals surface area (Å²) in [6, 6.07) is 10.1. The number of carbonyl (C=O) groups excluding carboxylic acids is 1. The van der Waals surface area contributed by atoms with Crippen molar-refractivity contribution in [2.45, 2.75) is 56.5 Å². The minimum Gasteiger partial charge on any atom is -0.298 e. The number of aldehydes is 1. The first-order valence-corrected chi connectivity index (χ1v) is 8.17. The summed E-state index contributed by atoms with van der Waals surface area (Å²) >= 11 is 0. The van der Waals surface area contributed by atoms with Crippen LogP contribution in [-0.4, -0.2) is 29.8 Å². The second-order valence-corrected chi connectivity index (χ2v) is 6.85. The van der Waals surface area contributed by atoms with Crippen LogP contribution in [0.2, 0.25) is 0 Å². The predicted molar refractivity (Wildman–Crippen MR) is 80.0 cm³/mol. The van der Waals surface area contributed by atoms with E-state index in [2.05, 4.69) is 17.0 Å². The minimum absolute atomic E-state index is 0.700. The maximum atomic E-state index is 10.9. The molecule has 4 atom stereocenters. The van der Waals surface area contributed by atoms with Gasteiger partial charge in [0, 0.05) is 30.1 Å². The van der Waals surface area contributed by atoms with Gasteiger partial charge in [-0.3, -0.25) is 9.69 Å². The van der Waals surface area contributed by atoms with E-state index in [0.29, 0.717) is 5.92 Å². The Labute approximate surface area is 121 Å². The van der Waals surface area contributed by atoms with E-state index in [0.717, 1.165) is 29.9 Å². The second-order valence-electron chi connectivity index (χ2n) is 6.85. The summed E-state index contributed by atoms with van der Waals surface area (Å²) in [5.74, 6) is 1.56. The zero-order valence-electron chi connectivity index (χ0n) is 12.0. The normalized spacial score (nSPS) is 33.9. The Morgan fingerprint density at radius 2 is 1.80 bits per heavy atom. The molecule has 1 unspecified atom stereocenters. The lowest BCUT2D eigenvalue weighted by Crippen LogP contribution is -2.29. The first kappa shape index (κ1) is 12.6. The second kappa shape index (κ2) is 5.00. The molecule has 2 aliphatic heterocycles. The van der Waals surface area contributed by atoms with Crippen molar-refractivity contribution in [1.29, 1.82) is 0 Å². The van der Waals surface area contributed by atoms with Gasteiger partial charge < -0.3 is 0 Å². The fraction of sp³-hybridized carbons (Fsp3) is 0.611. The molecular weight excluding hydrogens is 246 g/mol. The van der Waals surface area contributed by atoms with Gasteiger partial charge in [0.05, 0.1) is 0 Å². The van der Waals surface area contributed by atoms with Gasteiger partial charge in [0.2, 0.25) is 0 Å². The maximum absolute atomic E-state index is 10.9. The number of piperidine rings is 1. The Morgan fingerprint density at radius 1 is 1.05 bits per heavy atom. The third kappa shape index (κ3) is 2.10. The van der Waals surface area contributed by atoms with E-state index >= 15 is 0 Å². The van der Waals surface area contributed by atoms with Gasteiger partial charge in [-0.25, -0.2) is 0 Å². The molecule has 2 saturated heterocycles. The van der Waals surface area contributed by atoms with Gasteiger partial charge in [-0.15, -0.1) is 0 Å². The molecular formula is C18H23NO. The van der Waals surface area contributed by atoms with Crippen LogP contribution >= 0.6 is 0 Å². The molecule has 0 spiro atoms. The van der Waals surface area contributed by atoms with Crippen LogP contribution in [0.4, 0.5) is 0 Å². The van der Waals surface area contributed by atoms with Crippen LogP contribution in [0, 0.1) is 5.92 Å². The van der Waals surface area contributed by atoms with Crippen LogP contribution in [0.1, 0.15) is 60.4 Å². The van der Waals surface area contributed by atoms with E-state index in [1.54, 1.807) is 0 Å². The highest BCUT2D eigenvalue weighted by Crippen LogP contribution is 2.48. The molecule has 2 heteroatoms. The smallest absolute Gasteiger partial charge is 0.150 e. The molecule has 3 aliphatic rings. The Hall–Kier alpha value is -1.15. The van der Waals surface area contributed by atoms with Gasteiger partial charge in [0.15, 0.2) is 0 Å². The summed E-state index contributed by atoms with van der Waals surface area (Å²) in [5, 5.41) is 0. The molecule has 0 aromatic heterocycles. The summed E-state index contributed by atoms with van der Waals surface area (Å²) in [6.07, 6.45) is 9.34. The van der Waals surface area contributed by atoms with Gasteiger partial charge in [-0.2, -0.15) is 0 Å². The fourth-order valence-corrected chi connectivity index (χ4v) is 4.70. The molecule has 0 radical (unpaired) electrons. The van der Waals surface area contributed by atoms with Gasteiger partial charge in [-0.1, -0.05) is 37.1 Å². The van der Waals surface area contributed by atoms with E-state index in [4.69, 9.17) is 0 Å². The van der Waals surface area contributed by atoms with Gasteiger partial charge in [0.25, 0.3) is 0 Å². The average molecular weight is 269 g/mol. The SMILES string of the molecule is O=Cc1ccc([C@@H](C2CCCC2)[C@H]2CC[C@H]3CN32)cc1. The first-order chi connectivity index (χ1) is 9.86. The summed E-state index contributed by atoms with van der Waals surface area (Å²) in [5.41, 5.74) is 2.27. The standard InChI is InChI=1S/C18H23NO/c20-12-13-5-7-15(8-6-13)18(14-3-1-2-4-14)17-10-9-16-11-19(16)17/h5-8,12,14,16-18H,1-4,9-11H2/t16-,17+,18+,19?/m0/s1. The zero-order chi connectivity index (χ0) is 13.5. The molecule has 1 saturated carbocycles. The number of carbonyl (C=O) groups is 1. The Kier molecular flexibility index (Phi) is 3.14. The van der Waals surface area contributed by atoms with Crippen LogP contribution in [0.5, 0.6) is 0 Å².